The zero-order valence-corrected chi connectivity index (χ0v) is 17.8. The first-order valence-corrected chi connectivity index (χ1v) is 11.4. The fourth-order valence-electron chi connectivity index (χ4n) is 4.16. The average Bonchev–Trinajstić information content (AvgIpc) is 3.06. The Morgan fingerprint density at radius 1 is 1.17 bits per heavy atom. The zero-order valence-electron chi connectivity index (χ0n) is 16.9. The molecular formula is C22H26N2O4S. The quantitative estimate of drug-likeness (QED) is 0.828. The molecule has 7 heteroatoms. The van der Waals surface area contributed by atoms with Crippen molar-refractivity contribution < 1.29 is 17.9 Å². The molecule has 0 aromatic heterocycles. The number of para-hydroxylation sites is 1. The van der Waals surface area contributed by atoms with Gasteiger partial charge in [-0.1, -0.05) is 18.2 Å². The summed E-state index contributed by atoms with van der Waals surface area (Å²) in [5.41, 5.74) is 1.92. The van der Waals surface area contributed by atoms with Gasteiger partial charge in [-0.15, -0.1) is 0 Å². The van der Waals surface area contributed by atoms with E-state index < -0.39 is 15.6 Å². The molecule has 0 spiro atoms. The molecule has 6 nitrogen and oxygen atoms in total. The molecule has 0 aliphatic carbocycles. The standard InChI is InChI=1S/C22H26N2O4S/c1-15-13-16(10-11-19(15)24-12-6-9-21(24)25)29(26,27)23-18-14-22(2,3)28-20-8-5-4-7-17(18)20/h4-5,7-8,10-11,13,18,23H,6,9,12,14H2,1-3H3. The van der Waals surface area contributed by atoms with Crippen LogP contribution < -0.4 is 14.4 Å². The molecule has 2 aromatic carbocycles. The number of aryl methyl sites for hydroxylation is 1. The summed E-state index contributed by atoms with van der Waals surface area (Å²) in [5, 5.41) is 0. The number of anilines is 1. The SMILES string of the molecule is Cc1cc(S(=O)(=O)NC2CC(C)(C)Oc3ccccc32)ccc1N1CCCC1=O. The van der Waals surface area contributed by atoms with Crippen LogP contribution in [0.2, 0.25) is 0 Å². The molecule has 154 valence electrons. The first kappa shape index (κ1) is 19.9. The van der Waals surface area contributed by atoms with Crippen molar-refractivity contribution in [1.82, 2.24) is 4.72 Å². The third-order valence-electron chi connectivity index (χ3n) is 5.52. The molecule has 0 bridgehead atoms. The lowest BCUT2D eigenvalue weighted by molar-refractivity contribution is -0.117. The van der Waals surface area contributed by atoms with E-state index in [0.29, 0.717) is 25.1 Å². The third-order valence-corrected chi connectivity index (χ3v) is 6.99. The number of ether oxygens (including phenoxy) is 1. The number of carbonyl (C=O) groups is 1. The van der Waals surface area contributed by atoms with Crippen LogP contribution in [0.1, 0.15) is 50.3 Å². The number of sulfonamides is 1. The third kappa shape index (κ3) is 3.89. The van der Waals surface area contributed by atoms with Crippen molar-refractivity contribution in [1.29, 1.82) is 0 Å². The number of fused-ring (bicyclic) bond motifs is 1. The number of rotatable bonds is 4. The molecule has 1 N–H and O–H groups in total. The number of benzene rings is 2. The predicted octanol–water partition coefficient (Wildman–Crippen LogP) is 3.70. The molecule has 1 atom stereocenters. The predicted molar refractivity (Wildman–Crippen MR) is 112 cm³/mol. The topological polar surface area (TPSA) is 75.7 Å². The largest absolute Gasteiger partial charge is 0.487 e. The first-order valence-electron chi connectivity index (χ1n) is 9.88. The summed E-state index contributed by atoms with van der Waals surface area (Å²) in [4.78, 5) is 14.0. The van der Waals surface area contributed by atoms with Gasteiger partial charge >= 0.3 is 0 Å². The maximum atomic E-state index is 13.1. The molecule has 1 unspecified atom stereocenters. The second kappa shape index (κ2) is 7.15. The Morgan fingerprint density at radius 3 is 2.62 bits per heavy atom. The van der Waals surface area contributed by atoms with E-state index in [1.807, 2.05) is 45.0 Å². The summed E-state index contributed by atoms with van der Waals surface area (Å²) in [5.74, 6) is 0.790. The average molecular weight is 415 g/mol. The number of nitrogens with zero attached hydrogens (tertiary/aromatic N) is 1. The molecule has 1 fully saturated rings. The number of amides is 1. The van der Waals surface area contributed by atoms with Crippen molar-refractivity contribution in [2.24, 2.45) is 0 Å². The highest BCUT2D eigenvalue weighted by molar-refractivity contribution is 7.89. The number of hydrogen-bond acceptors (Lipinski definition) is 4. The van der Waals surface area contributed by atoms with Gasteiger partial charge in [-0.3, -0.25) is 4.79 Å². The second-order valence-electron chi connectivity index (χ2n) is 8.37. The highest BCUT2D eigenvalue weighted by atomic mass is 32.2. The van der Waals surface area contributed by atoms with Crippen LogP contribution in [0.15, 0.2) is 47.4 Å². The highest BCUT2D eigenvalue weighted by Crippen LogP contribution is 2.40. The van der Waals surface area contributed by atoms with Gasteiger partial charge in [0.2, 0.25) is 15.9 Å². The molecule has 2 aliphatic rings. The van der Waals surface area contributed by atoms with E-state index >= 15 is 0 Å². The van der Waals surface area contributed by atoms with Crippen LogP contribution in [0.5, 0.6) is 5.75 Å². The minimum Gasteiger partial charge on any atom is -0.487 e. The Morgan fingerprint density at radius 2 is 1.93 bits per heavy atom. The van der Waals surface area contributed by atoms with Gasteiger partial charge < -0.3 is 9.64 Å². The molecular weight excluding hydrogens is 388 g/mol. The smallest absolute Gasteiger partial charge is 0.241 e. The van der Waals surface area contributed by atoms with Crippen molar-refractivity contribution >= 4 is 21.6 Å². The van der Waals surface area contributed by atoms with Gasteiger partial charge in [0.1, 0.15) is 11.4 Å². The van der Waals surface area contributed by atoms with Crippen molar-refractivity contribution in [3.63, 3.8) is 0 Å². The highest BCUT2D eigenvalue weighted by Gasteiger charge is 2.36. The molecule has 2 aliphatic heterocycles. The van der Waals surface area contributed by atoms with Crippen molar-refractivity contribution in [3.05, 3.63) is 53.6 Å². The van der Waals surface area contributed by atoms with Gasteiger partial charge in [-0.25, -0.2) is 13.1 Å². The van der Waals surface area contributed by atoms with E-state index in [1.165, 1.54) is 0 Å². The monoisotopic (exact) mass is 414 g/mol. The Kier molecular flexibility index (Phi) is 4.91. The molecule has 0 radical (unpaired) electrons. The van der Waals surface area contributed by atoms with Gasteiger partial charge in [-0.05, 0) is 57.0 Å². The molecule has 29 heavy (non-hydrogen) atoms. The van der Waals surface area contributed by atoms with Crippen LogP contribution in [0.4, 0.5) is 5.69 Å². The van der Waals surface area contributed by atoms with Crippen molar-refractivity contribution in [2.75, 3.05) is 11.4 Å². The fraction of sp³-hybridized carbons (Fsp3) is 0.409. The number of nitrogens with one attached hydrogen (secondary N) is 1. The molecule has 4 rings (SSSR count). The van der Waals surface area contributed by atoms with Gasteiger partial charge in [0, 0.05) is 30.6 Å². The van der Waals surface area contributed by atoms with E-state index in [0.717, 1.165) is 23.2 Å². The van der Waals surface area contributed by atoms with Crippen molar-refractivity contribution in [2.45, 2.75) is 56.6 Å². The Bertz CT molecular complexity index is 1060. The Balaban J connectivity index is 1.63. The van der Waals surface area contributed by atoms with E-state index in [1.54, 1.807) is 23.1 Å². The van der Waals surface area contributed by atoms with E-state index in [-0.39, 0.29) is 16.8 Å². The van der Waals surface area contributed by atoms with E-state index in [9.17, 15) is 13.2 Å². The van der Waals surface area contributed by atoms with Crippen LogP contribution in [0.25, 0.3) is 0 Å². The van der Waals surface area contributed by atoms with Gasteiger partial charge in [0.25, 0.3) is 0 Å². The van der Waals surface area contributed by atoms with Crippen molar-refractivity contribution in [3.8, 4) is 5.75 Å². The summed E-state index contributed by atoms with van der Waals surface area (Å²) in [7, 11) is -3.74. The van der Waals surface area contributed by atoms with E-state index in [4.69, 9.17) is 4.74 Å². The number of hydrogen-bond donors (Lipinski definition) is 1. The molecule has 2 aromatic rings. The summed E-state index contributed by atoms with van der Waals surface area (Å²) in [6.07, 6.45) is 1.90. The summed E-state index contributed by atoms with van der Waals surface area (Å²) < 4.78 is 35.1. The molecule has 1 saturated heterocycles. The van der Waals surface area contributed by atoms with Crippen LogP contribution in [-0.2, 0) is 14.8 Å². The summed E-state index contributed by atoms with van der Waals surface area (Å²) in [6.45, 7) is 6.43. The van der Waals surface area contributed by atoms with Crippen LogP contribution in [0.3, 0.4) is 0 Å². The van der Waals surface area contributed by atoms with Gasteiger partial charge in [-0.2, -0.15) is 0 Å². The zero-order chi connectivity index (χ0) is 20.8. The Hall–Kier alpha value is -2.38. The van der Waals surface area contributed by atoms with Gasteiger partial charge in [0.15, 0.2) is 0 Å². The summed E-state index contributed by atoms with van der Waals surface area (Å²) >= 11 is 0. The lowest BCUT2D eigenvalue weighted by atomic mass is 9.90. The minimum absolute atomic E-state index is 0.0860. The summed E-state index contributed by atoms with van der Waals surface area (Å²) in [6, 6.07) is 12.1. The lowest BCUT2D eigenvalue weighted by Crippen LogP contribution is -2.41. The maximum Gasteiger partial charge on any atom is 0.241 e. The molecule has 1 amide bonds. The van der Waals surface area contributed by atoms with Gasteiger partial charge in [0.05, 0.1) is 10.9 Å². The lowest BCUT2D eigenvalue weighted by Gasteiger charge is -2.37. The van der Waals surface area contributed by atoms with Crippen LogP contribution >= 0.6 is 0 Å². The second-order valence-corrected chi connectivity index (χ2v) is 10.1. The first-order chi connectivity index (χ1) is 13.7. The van der Waals surface area contributed by atoms with Crippen LogP contribution in [0, 0.1) is 6.92 Å². The molecule has 0 saturated carbocycles. The number of carbonyl (C=O) groups excluding carboxylic acids is 1. The maximum absolute atomic E-state index is 13.1. The fourth-order valence-corrected chi connectivity index (χ4v) is 5.46. The normalized spacial score (nSPS) is 21.0. The Labute approximate surface area is 171 Å². The van der Waals surface area contributed by atoms with E-state index in [2.05, 4.69) is 4.72 Å². The minimum atomic E-state index is -3.74. The molecule has 2 heterocycles. The van der Waals surface area contributed by atoms with Crippen LogP contribution in [-0.4, -0.2) is 26.5 Å².